The Morgan fingerprint density at radius 2 is 1.76 bits per heavy atom. The van der Waals surface area contributed by atoms with Crippen LogP contribution in [0.1, 0.15) is 47.2 Å². The molecule has 0 saturated heterocycles. The van der Waals surface area contributed by atoms with Crippen molar-refractivity contribution in [2.45, 2.75) is 38.6 Å². The van der Waals surface area contributed by atoms with Crippen LogP contribution in [0.5, 0.6) is 0 Å². The number of hydrogen-bond acceptors (Lipinski definition) is 4. The summed E-state index contributed by atoms with van der Waals surface area (Å²) in [6.07, 6.45) is 3.21. The Morgan fingerprint density at radius 3 is 2.55 bits per heavy atom. The first-order valence-corrected chi connectivity index (χ1v) is 12.8. The van der Waals surface area contributed by atoms with Gasteiger partial charge in [-0.2, -0.15) is 0 Å². The molecule has 0 radical (unpaired) electrons. The molecular formula is C29H33N5O4. The summed E-state index contributed by atoms with van der Waals surface area (Å²) in [5, 5.41) is 11.3. The molecule has 0 aliphatic carbocycles. The quantitative estimate of drug-likeness (QED) is 0.203. The maximum atomic E-state index is 13.6. The summed E-state index contributed by atoms with van der Waals surface area (Å²) in [6.45, 7) is 0.675. The molecule has 1 aliphatic heterocycles. The minimum Gasteiger partial charge on any atom is -0.481 e. The lowest BCUT2D eigenvalue weighted by molar-refractivity contribution is -0.137. The number of aliphatic imine (C=N–C) groups is 1. The zero-order chi connectivity index (χ0) is 27.1. The first kappa shape index (κ1) is 26.7. The van der Waals surface area contributed by atoms with Gasteiger partial charge in [-0.1, -0.05) is 55.0 Å². The highest BCUT2D eigenvalue weighted by Crippen LogP contribution is 2.30. The molecule has 9 nitrogen and oxygen atoms in total. The minimum absolute atomic E-state index is 0.0313. The number of hydrogen-bond donors (Lipinski definition) is 3. The summed E-state index contributed by atoms with van der Waals surface area (Å²) >= 11 is 0. The van der Waals surface area contributed by atoms with Crippen LogP contribution in [0.4, 0.5) is 5.69 Å². The molecule has 3 aromatic rings. The normalized spacial score (nSPS) is 13.4. The number of rotatable bonds is 11. The highest BCUT2D eigenvalue weighted by atomic mass is 16.4. The van der Waals surface area contributed by atoms with Crippen molar-refractivity contribution in [2.24, 2.45) is 16.5 Å². The Morgan fingerprint density at radius 1 is 0.974 bits per heavy atom. The molecule has 0 bridgehead atoms. The molecule has 1 heterocycles. The fourth-order valence-corrected chi connectivity index (χ4v) is 4.78. The molecular weight excluding hydrogens is 482 g/mol. The molecule has 1 aliphatic rings. The molecule has 0 fully saturated rings. The minimum atomic E-state index is -1.02. The van der Waals surface area contributed by atoms with Gasteiger partial charge in [0.25, 0.3) is 5.91 Å². The predicted molar refractivity (Wildman–Crippen MR) is 148 cm³/mol. The number of nitrogens with two attached hydrogens (primary N) is 2. The average Bonchev–Trinajstić information content (AvgIpc) is 2.99. The number of aryl methyl sites for hydroxylation is 1. The number of aliphatic carboxylic acids is 1. The lowest BCUT2D eigenvalue weighted by Crippen LogP contribution is -2.40. The van der Waals surface area contributed by atoms with Crippen molar-refractivity contribution in [2.75, 3.05) is 24.5 Å². The molecule has 0 spiro atoms. The van der Waals surface area contributed by atoms with E-state index in [1.165, 1.54) is 4.90 Å². The van der Waals surface area contributed by atoms with Gasteiger partial charge >= 0.3 is 5.97 Å². The Bertz CT molecular complexity index is 1360. The second-order valence-corrected chi connectivity index (χ2v) is 9.46. The number of anilines is 1. The van der Waals surface area contributed by atoms with E-state index in [9.17, 15) is 19.5 Å². The smallest absolute Gasteiger partial charge is 0.305 e. The van der Waals surface area contributed by atoms with Crippen molar-refractivity contribution >= 4 is 40.2 Å². The van der Waals surface area contributed by atoms with Crippen LogP contribution in [-0.4, -0.2) is 53.4 Å². The number of amides is 2. The first-order chi connectivity index (χ1) is 18.3. The Hall–Kier alpha value is -4.40. The Labute approximate surface area is 221 Å². The fourth-order valence-electron chi connectivity index (χ4n) is 4.78. The third-order valence-electron chi connectivity index (χ3n) is 6.72. The van der Waals surface area contributed by atoms with Crippen molar-refractivity contribution in [3.63, 3.8) is 0 Å². The van der Waals surface area contributed by atoms with Gasteiger partial charge < -0.3 is 26.4 Å². The van der Waals surface area contributed by atoms with Gasteiger partial charge in [0.05, 0.1) is 24.2 Å². The Balaban J connectivity index is 1.62. The van der Waals surface area contributed by atoms with Gasteiger partial charge in [0.1, 0.15) is 6.54 Å². The molecule has 3 aromatic carbocycles. The summed E-state index contributed by atoms with van der Waals surface area (Å²) in [5.74, 6) is -1.51. The van der Waals surface area contributed by atoms with E-state index in [1.807, 2.05) is 60.7 Å². The van der Waals surface area contributed by atoms with E-state index in [2.05, 4.69) is 4.99 Å². The fraction of sp³-hybridized carbons (Fsp3) is 0.310. The molecule has 0 unspecified atom stereocenters. The summed E-state index contributed by atoms with van der Waals surface area (Å²) in [7, 11) is 0. The number of carboxylic acids is 1. The summed E-state index contributed by atoms with van der Waals surface area (Å²) in [5.41, 5.74) is 13.6. The van der Waals surface area contributed by atoms with E-state index >= 15 is 0 Å². The topological polar surface area (TPSA) is 142 Å². The van der Waals surface area contributed by atoms with Crippen LogP contribution in [0.15, 0.2) is 65.7 Å². The molecule has 5 N–H and O–H groups in total. The third kappa shape index (κ3) is 6.47. The van der Waals surface area contributed by atoms with Gasteiger partial charge in [-0.3, -0.25) is 19.4 Å². The second-order valence-electron chi connectivity index (χ2n) is 9.46. The van der Waals surface area contributed by atoms with Crippen LogP contribution in [-0.2, 0) is 22.6 Å². The number of nitrogens with zero attached hydrogens (tertiary/aromatic N) is 3. The lowest BCUT2D eigenvalue weighted by atomic mass is 10.0. The number of carboxylic acid groups (broad SMARTS) is 1. The monoisotopic (exact) mass is 515 g/mol. The summed E-state index contributed by atoms with van der Waals surface area (Å²) < 4.78 is 0. The predicted octanol–water partition coefficient (Wildman–Crippen LogP) is 3.29. The van der Waals surface area contributed by atoms with Gasteiger partial charge in [0, 0.05) is 13.1 Å². The van der Waals surface area contributed by atoms with Crippen molar-refractivity contribution in [3.05, 3.63) is 77.4 Å². The lowest BCUT2D eigenvalue weighted by Gasteiger charge is -2.24. The van der Waals surface area contributed by atoms with Crippen LogP contribution in [0.25, 0.3) is 10.8 Å². The maximum Gasteiger partial charge on any atom is 0.305 e. The average molecular weight is 516 g/mol. The van der Waals surface area contributed by atoms with Gasteiger partial charge in [0.2, 0.25) is 5.91 Å². The number of benzene rings is 3. The maximum absolute atomic E-state index is 13.6. The van der Waals surface area contributed by atoms with Gasteiger partial charge in [0.15, 0.2) is 5.96 Å². The zero-order valence-electron chi connectivity index (χ0n) is 21.3. The first-order valence-electron chi connectivity index (χ1n) is 12.8. The molecule has 9 heteroatoms. The van der Waals surface area contributed by atoms with Crippen LogP contribution >= 0.6 is 0 Å². The standard InChI is InChI=1S/C29H33N5O4/c30-29(31)32-15-5-1-2-7-20-12-13-25-24(17-20)28(38)33(16-14-27(36)37)19-26(35)34(25)18-22-10-6-9-21-8-3-4-11-23(21)22/h3-4,6,8-13,17H,1-2,5,7,14-16,18-19H2,(H,36,37)(H4,30,31,32). The number of carbonyl (C=O) groups is 3. The number of unbranched alkanes of at least 4 members (excludes halogenated alkanes) is 2. The van der Waals surface area contributed by atoms with Gasteiger partial charge in [-0.25, -0.2) is 0 Å². The van der Waals surface area contributed by atoms with Crippen LogP contribution in [0.3, 0.4) is 0 Å². The van der Waals surface area contributed by atoms with Gasteiger partial charge in [-0.15, -0.1) is 0 Å². The largest absolute Gasteiger partial charge is 0.481 e. The van der Waals surface area contributed by atoms with E-state index < -0.39 is 5.97 Å². The van der Waals surface area contributed by atoms with E-state index in [0.29, 0.717) is 24.3 Å². The molecule has 0 saturated carbocycles. The van der Waals surface area contributed by atoms with E-state index in [-0.39, 0.29) is 37.3 Å². The zero-order valence-corrected chi connectivity index (χ0v) is 21.3. The van der Waals surface area contributed by atoms with Crippen LogP contribution in [0.2, 0.25) is 0 Å². The number of guanidine groups is 1. The highest BCUT2D eigenvalue weighted by molar-refractivity contribution is 6.10. The number of fused-ring (bicyclic) bond motifs is 2. The SMILES string of the molecule is NC(N)=NCCCCCc1ccc2c(c1)C(=O)N(CCC(=O)O)CC(=O)N2Cc1cccc2ccccc12. The van der Waals surface area contributed by atoms with Crippen LogP contribution < -0.4 is 16.4 Å². The third-order valence-corrected chi connectivity index (χ3v) is 6.72. The van der Waals surface area contributed by atoms with Crippen molar-refractivity contribution in [1.29, 1.82) is 0 Å². The van der Waals surface area contributed by atoms with Crippen molar-refractivity contribution in [3.8, 4) is 0 Å². The van der Waals surface area contributed by atoms with E-state index in [0.717, 1.165) is 47.6 Å². The molecule has 0 aromatic heterocycles. The van der Waals surface area contributed by atoms with Gasteiger partial charge in [-0.05, 0) is 53.3 Å². The van der Waals surface area contributed by atoms with Crippen molar-refractivity contribution in [1.82, 2.24) is 4.90 Å². The summed E-state index contributed by atoms with van der Waals surface area (Å²) in [6, 6.07) is 19.6. The Kier molecular flexibility index (Phi) is 8.58. The molecule has 198 valence electrons. The molecule has 2 amide bonds. The van der Waals surface area contributed by atoms with E-state index in [4.69, 9.17) is 11.5 Å². The molecule has 38 heavy (non-hydrogen) atoms. The summed E-state index contributed by atoms with van der Waals surface area (Å²) in [4.78, 5) is 45.2. The van der Waals surface area contributed by atoms with Crippen molar-refractivity contribution < 1.29 is 19.5 Å². The van der Waals surface area contributed by atoms with Crippen LogP contribution in [0, 0.1) is 0 Å². The van der Waals surface area contributed by atoms with E-state index in [1.54, 1.807) is 4.90 Å². The molecule has 0 atom stereocenters. The highest BCUT2D eigenvalue weighted by Gasteiger charge is 2.32. The second kappa shape index (κ2) is 12.2. The number of carbonyl (C=O) groups excluding carboxylic acids is 2. The molecule has 4 rings (SSSR count).